The number of hydrogen-bond acceptors (Lipinski definition) is 4. The number of likely N-dealkylation sites (tertiary alicyclic amines) is 1. The molecule has 3 heterocycles. The van der Waals surface area contributed by atoms with E-state index < -0.39 is 0 Å². The molecule has 0 spiro atoms. The number of fused-ring (bicyclic) bond motifs is 1. The molecular weight excluding hydrogens is 246 g/mol. The van der Waals surface area contributed by atoms with Gasteiger partial charge in [0.2, 0.25) is 0 Å². The van der Waals surface area contributed by atoms with Crippen LogP contribution < -0.4 is 4.74 Å². The monoisotopic (exact) mass is 265 g/mol. The normalized spacial score (nSPS) is 22.5. The molecule has 6 nitrogen and oxygen atoms in total. The van der Waals surface area contributed by atoms with Gasteiger partial charge in [0.1, 0.15) is 0 Å². The van der Waals surface area contributed by atoms with Crippen molar-refractivity contribution in [1.82, 2.24) is 15.0 Å². The van der Waals surface area contributed by atoms with Gasteiger partial charge in [0.25, 0.3) is 5.88 Å². The van der Waals surface area contributed by atoms with Gasteiger partial charge in [-0.1, -0.05) is 6.92 Å². The number of urea groups is 1. The van der Waals surface area contributed by atoms with Gasteiger partial charge >= 0.3 is 6.03 Å². The Morgan fingerprint density at radius 3 is 2.95 bits per heavy atom. The Labute approximate surface area is 112 Å². The standard InChI is InChI=1S/C13H19N3O3/c1-9-3-5-15(7-9)13(17)16-6-4-10-11(8-16)19-14-12(10)18-2/h9H,3-8H2,1-2H3. The molecule has 1 aromatic heterocycles. The van der Waals surface area contributed by atoms with Crippen LogP contribution in [0.5, 0.6) is 5.88 Å². The van der Waals surface area contributed by atoms with E-state index in [1.807, 2.05) is 9.80 Å². The Hall–Kier alpha value is -1.72. The minimum atomic E-state index is 0.116. The van der Waals surface area contributed by atoms with Gasteiger partial charge in [-0.05, 0) is 23.9 Å². The van der Waals surface area contributed by atoms with Gasteiger partial charge in [-0.25, -0.2) is 4.79 Å². The van der Waals surface area contributed by atoms with Crippen molar-refractivity contribution in [1.29, 1.82) is 0 Å². The van der Waals surface area contributed by atoms with Gasteiger partial charge < -0.3 is 19.1 Å². The molecule has 1 unspecified atom stereocenters. The number of aromatic nitrogens is 1. The summed E-state index contributed by atoms with van der Waals surface area (Å²) in [6, 6.07) is 0.116. The lowest BCUT2D eigenvalue weighted by atomic mass is 10.1. The zero-order valence-electron chi connectivity index (χ0n) is 11.4. The number of hydrogen-bond donors (Lipinski definition) is 0. The lowest BCUT2D eigenvalue weighted by Gasteiger charge is -2.30. The van der Waals surface area contributed by atoms with Gasteiger partial charge in [0.15, 0.2) is 5.76 Å². The maximum Gasteiger partial charge on any atom is 0.320 e. The van der Waals surface area contributed by atoms with E-state index >= 15 is 0 Å². The number of rotatable bonds is 1. The SMILES string of the molecule is COc1noc2c1CCN(C(=O)N1CCC(C)C1)C2. The van der Waals surface area contributed by atoms with Crippen LogP contribution >= 0.6 is 0 Å². The maximum absolute atomic E-state index is 12.4. The van der Waals surface area contributed by atoms with Crippen LogP contribution in [0, 0.1) is 5.92 Å². The minimum absolute atomic E-state index is 0.116. The zero-order chi connectivity index (χ0) is 13.4. The Bertz CT molecular complexity index is 485. The first kappa shape index (κ1) is 12.3. The van der Waals surface area contributed by atoms with Gasteiger partial charge in [-0.3, -0.25) is 0 Å². The van der Waals surface area contributed by atoms with E-state index in [2.05, 4.69) is 12.1 Å². The summed E-state index contributed by atoms with van der Waals surface area (Å²) in [6.07, 6.45) is 1.85. The first-order valence-electron chi connectivity index (χ1n) is 6.74. The average molecular weight is 265 g/mol. The number of ether oxygens (including phenoxy) is 1. The highest BCUT2D eigenvalue weighted by Crippen LogP contribution is 2.28. The van der Waals surface area contributed by atoms with Crippen LogP contribution in [0.2, 0.25) is 0 Å². The molecule has 3 rings (SSSR count). The summed E-state index contributed by atoms with van der Waals surface area (Å²) in [7, 11) is 1.58. The summed E-state index contributed by atoms with van der Waals surface area (Å²) in [4.78, 5) is 16.2. The maximum atomic E-state index is 12.4. The molecule has 0 N–H and O–H groups in total. The van der Waals surface area contributed by atoms with Crippen molar-refractivity contribution in [3.05, 3.63) is 11.3 Å². The van der Waals surface area contributed by atoms with Crippen LogP contribution in [0.15, 0.2) is 4.52 Å². The smallest absolute Gasteiger partial charge is 0.320 e. The molecule has 0 bridgehead atoms. The Morgan fingerprint density at radius 1 is 1.42 bits per heavy atom. The molecule has 0 saturated carbocycles. The molecule has 1 fully saturated rings. The topological polar surface area (TPSA) is 58.8 Å². The Balaban J connectivity index is 1.70. The number of methoxy groups -OCH3 is 1. The first-order chi connectivity index (χ1) is 9.19. The van der Waals surface area contributed by atoms with Crippen LogP contribution in [-0.4, -0.2) is 47.7 Å². The van der Waals surface area contributed by atoms with Crippen molar-refractivity contribution >= 4 is 6.03 Å². The molecule has 2 aliphatic heterocycles. The number of nitrogens with zero attached hydrogens (tertiary/aromatic N) is 3. The molecule has 6 heteroatoms. The third-order valence-corrected chi connectivity index (χ3v) is 3.96. The van der Waals surface area contributed by atoms with Crippen LogP contribution in [0.25, 0.3) is 0 Å². The van der Waals surface area contributed by atoms with Crippen LogP contribution in [0.4, 0.5) is 4.79 Å². The third kappa shape index (κ3) is 2.15. The molecule has 0 radical (unpaired) electrons. The second kappa shape index (κ2) is 4.75. The fourth-order valence-corrected chi connectivity index (χ4v) is 2.83. The predicted octanol–water partition coefficient (Wildman–Crippen LogP) is 1.50. The summed E-state index contributed by atoms with van der Waals surface area (Å²) in [5, 5.41) is 3.87. The van der Waals surface area contributed by atoms with Gasteiger partial charge in [-0.2, -0.15) is 0 Å². The predicted molar refractivity (Wildman–Crippen MR) is 67.9 cm³/mol. The van der Waals surface area contributed by atoms with Crippen LogP contribution in [0.3, 0.4) is 0 Å². The second-order valence-electron chi connectivity index (χ2n) is 5.39. The third-order valence-electron chi connectivity index (χ3n) is 3.96. The fraction of sp³-hybridized carbons (Fsp3) is 0.692. The molecule has 1 saturated heterocycles. The van der Waals surface area contributed by atoms with E-state index in [1.165, 1.54) is 0 Å². The molecule has 1 aromatic rings. The number of carbonyl (C=O) groups is 1. The lowest BCUT2D eigenvalue weighted by Crippen LogP contribution is -2.44. The molecule has 19 heavy (non-hydrogen) atoms. The highest BCUT2D eigenvalue weighted by atomic mass is 16.5. The number of carbonyl (C=O) groups excluding carboxylic acids is 1. The van der Waals surface area contributed by atoms with E-state index in [-0.39, 0.29) is 6.03 Å². The first-order valence-corrected chi connectivity index (χ1v) is 6.74. The highest BCUT2D eigenvalue weighted by Gasteiger charge is 2.32. The van der Waals surface area contributed by atoms with Crippen molar-refractivity contribution in [3.63, 3.8) is 0 Å². The van der Waals surface area contributed by atoms with Crippen molar-refractivity contribution in [2.75, 3.05) is 26.7 Å². The lowest BCUT2D eigenvalue weighted by molar-refractivity contribution is 0.149. The summed E-state index contributed by atoms with van der Waals surface area (Å²) in [6.45, 7) is 5.11. The molecule has 104 valence electrons. The molecule has 1 atom stereocenters. The quantitative estimate of drug-likeness (QED) is 0.772. The fourth-order valence-electron chi connectivity index (χ4n) is 2.83. The number of amides is 2. The summed E-state index contributed by atoms with van der Waals surface area (Å²) in [5.41, 5.74) is 1.00. The highest BCUT2D eigenvalue weighted by molar-refractivity contribution is 5.75. The Morgan fingerprint density at radius 2 is 2.26 bits per heavy atom. The molecule has 2 amide bonds. The summed E-state index contributed by atoms with van der Waals surface area (Å²) >= 11 is 0. The van der Waals surface area contributed by atoms with Gasteiger partial charge in [-0.15, -0.1) is 0 Å². The zero-order valence-corrected chi connectivity index (χ0v) is 11.4. The minimum Gasteiger partial charge on any atom is -0.479 e. The van der Waals surface area contributed by atoms with Crippen LogP contribution in [0.1, 0.15) is 24.7 Å². The van der Waals surface area contributed by atoms with E-state index in [4.69, 9.17) is 9.26 Å². The summed E-state index contributed by atoms with van der Waals surface area (Å²) < 4.78 is 10.4. The van der Waals surface area contributed by atoms with Crippen molar-refractivity contribution < 1.29 is 14.1 Å². The van der Waals surface area contributed by atoms with E-state index in [1.54, 1.807) is 7.11 Å². The van der Waals surface area contributed by atoms with Crippen molar-refractivity contribution in [2.45, 2.75) is 26.3 Å². The van der Waals surface area contributed by atoms with Crippen molar-refractivity contribution in [3.8, 4) is 5.88 Å². The molecular formula is C13H19N3O3. The van der Waals surface area contributed by atoms with E-state index in [0.717, 1.165) is 37.3 Å². The van der Waals surface area contributed by atoms with Gasteiger partial charge in [0.05, 0.1) is 19.2 Å². The largest absolute Gasteiger partial charge is 0.479 e. The average Bonchev–Trinajstić information content (AvgIpc) is 3.03. The molecule has 0 aromatic carbocycles. The molecule has 0 aliphatic carbocycles. The van der Waals surface area contributed by atoms with Gasteiger partial charge in [0, 0.05) is 19.6 Å². The van der Waals surface area contributed by atoms with Crippen molar-refractivity contribution in [2.24, 2.45) is 5.92 Å². The summed E-state index contributed by atoms with van der Waals surface area (Å²) in [5.74, 6) is 1.91. The Kier molecular flexibility index (Phi) is 3.08. The second-order valence-corrected chi connectivity index (χ2v) is 5.39. The molecule has 2 aliphatic rings. The van der Waals surface area contributed by atoms with Crippen LogP contribution in [-0.2, 0) is 13.0 Å². The van der Waals surface area contributed by atoms with E-state index in [0.29, 0.717) is 24.9 Å². The van der Waals surface area contributed by atoms with E-state index in [9.17, 15) is 4.79 Å².